The van der Waals surface area contributed by atoms with Crippen molar-refractivity contribution < 1.29 is 14.3 Å². The maximum absolute atomic E-state index is 12.8. The fourth-order valence-electron chi connectivity index (χ4n) is 3.32. The number of methoxy groups -OCH3 is 1. The fourth-order valence-corrected chi connectivity index (χ4v) is 3.32. The van der Waals surface area contributed by atoms with Gasteiger partial charge in [0.2, 0.25) is 11.8 Å². The highest BCUT2D eigenvalue weighted by Gasteiger charge is 2.48. The summed E-state index contributed by atoms with van der Waals surface area (Å²) in [6.45, 7) is 0.699. The first kappa shape index (κ1) is 15.5. The van der Waals surface area contributed by atoms with Crippen LogP contribution in [0.25, 0.3) is 10.9 Å². The predicted molar refractivity (Wildman–Crippen MR) is 84.5 cm³/mol. The number of amides is 2. The molecule has 122 valence electrons. The van der Waals surface area contributed by atoms with Crippen LogP contribution in [0.1, 0.15) is 12.8 Å². The molecule has 1 aliphatic heterocycles. The van der Waals surface area contributed by atoms with Crippen molar-refractivity contribution in [1.82, 2.24) is 14.7 Å². The molecule has 7 nitrogen and oxygen atoms in total. The van der Waals surface area contributed by atoms with E-state index in [4.69, 9.17) is 10.5 Å². The quantitative estimate of drug-likeness (QED) is 0.871. The highest BCUT2D eigenvalue weighted by atomic mass is 16.5. The second kappa shape index (κ2) is 6.00. The third-order valence-corrected chi connectivity index (χ3v) is 4.47. The van der Waals surface area contributed by atoms with Gasteiger partial charge in [-0.15, -0.1) is 0 Å². The standard InChI is InChI=1S/C16H20N4O3/c1-23-11-16(15(17)22)7-4-8-19(16)14(21)10-20-13-6-3-2-5-12(13)9-18-20/h2-3,5-6,9H,4,7-8,10-11H2,1H3,(H2,17,22). The van der Waals surface area contributed by atoms with Crippen molar-refractivity contribution in [2.45, 2.75) is 24.9 Å². The molecule has 2 N–H and O–H groups in total. The van der Waals surface area contributed by atoms with Gasteiger partial charge in [-0.3, -0.25) is 14.3 Å². The predicted octanol–water partition coefficient (Wildman–Crippen LogP) is 0.529. The number of carbonyl (C=O) groups is 2. The van der Waals surface area contributed by atoms with E-state index in [1.807, 2.05) is 24.3 Å². The molecule has 1 aliphatic rings. The van der Waals surface area contributed by atoms with E-state index >= 15 is 0 Å². The molecule has 1 aromatic carbocycles. The number of nitrogens with zero attached hydrogens (tertiary/aromatic N) is 3. The number of benzene rings is 1. The lowest BCUT2D eigenvalue weighted by Gasteiger charge is -2.35. The molecule has 0 radical (unpaired) electrons. The molecule has 0 saturated carbocycles. The molecule has 23 heavy (non-hydrogen) atoms. The molecule has 2 aromatic rings. The van der Waals surface area contributed by atoms with Crippen molar-refractivity contribution in [2.75, 3.05) is 20.3 Å². The van der Waals surface area contributed by atoms with E-state index in [1.165, 1.54) is 7.11 Å². The van der Waals surface area contributed by atoms with Crippen LogP contribution in [0.5, 0.6) is 0 Å². The maximum Gasteiger partial charge on any atom is 0.245 e. The zero-order valence-corrected chi connectivity index (χ0v) is 13.1. The van der Waals surface area contributed by atoms with Gasteiger partial charge in [0, 0.05) is 19.0 Å². The fraction of sp³-hybridized carbons (Fsp3) is 0.438. The van der Waals surface area contributed by atoms with E-state index in [2.05, 4.69) is 5.10 Å². The summed E-state index contributed by atoms with van der Waals surface area (Å²) in [5.74, 6) is -0.692. The number of para-hydroxylation sites is 1. The first-order chi connectivity index (χ1) is 11.1. The SMILES string of the molecule is COCC1(C(N)=O)CCCN1C(=O)Cn1ncc2ccccc21. The van der Waals surface area contributed by atoms with Gasteiger partial charge in [0.15, 0.2) is 0 Å². The van der Waals surface area contributed by atoms with Crippen LogP contribution in [0.15, 0.2) is 30.5 Å². The van der Waals surface area contributed by atoms with Gasteiger partial charge >= 0.3 is 0 Å². The number of aromatic nitrogens is 2. The number of fused-ring (bicyclic) bond motifs is 1. The van der Waals surface area contributed by atoms with Crippen LogP contribution in [0.4, 0.5) is 0 Å². The smallest absolute Gasteiger partial charge is 0.245 e. The van der Waals surface area contributed by atoms with Gasteiger partial charge < -0.3 is 15.4 Å². The molecular formula is C16H20N4O3. The molecule has 2 amide bonds. The van der Waals surface area contributed by atoms with Crippen molar-refractivity contribution in [1.29, 1.82) is 0 Å². The van der Waals surface area contributed by atoms with Gasteiger partial charge in [-0.1, -0.05) is 18.2 Å². The number of likely N-dealkylation sites (tertiary alicyclic amines) is 1. The van der Waals surface area contributed by atoms with Crippen LogP contribution in [-0.4, -0.2) is 52.3 Å². The zero-order valence-electron chi connectivity index (χ0n) is 13.1. The summed E-state index contributed by atoms with van der Waals surface area (Å²) >= 11 is 0. The summed E-state index contributed by atoms with van der Waals surface area (Å²) in [4.78, 5) is 26.3. The van der Waals surface area contributed by atoms with Gasteiger partial charge in [-0.25, -0.2) is 0 Å². The Kier molecular flexibility index (Phi) is 4.04. The Balaban J connectivity index is 1.86. The van der Waals surface area contributed by atoms with E-state index < -0.39 is 11.4 Å². The summed E-state index contributed by atoms with van der Waals surface area (Å²) in [5.41, 5.74) is 5.41. The molecule has 1 atom stereocenters. The van der Waals surface area contributed by atoms with E-state index in [1.54, 1.807) is 15.8 Å². The Morgan fingerprint density at radius 1 is 1.39 bits per heavy atom. The van der Waals surface area contributed by atoms with Gasteiger partial charge in [0.05, 0.1) is 18.3 Å². The van der Waals surface area contributed by atoms with E-state index in [0.29, 0.717) is 13.0 Å². The minimum absolute atomic E-state index is 0.0757. The lowest BCUT2D eigenvalue weighted by molar-refractivity contribution is -0.147. The van der Waals surface area contributed by atoms with Gasteiger partial charge in [0.25, 0.3) is 0 Å². The number of primary amides is 1. The summed E-state index contributed by atoms with van der Waals surface area (Å²) in [7, 11) is 1.51. The molecule has 1 unspecified atom stereocenters. The molecule has 1 saturated heterocycles. The molecule has 3 rings (SSSR count). The second-order valence-electron chi connectivity index (χ2n) is 5.84. The Morgan fingerprint density at radius 2 is 2.17 bits per heavy atom. The minimum atomic E-state index is -1.05. The largest absolute Gasteiger partial charge is 0.382 e. The third-order valence-electron chi connectivity index (χ3n) is 4.47. The number of carbonyl (C=O) groups excluding carboxylic acids is 2. The lowest BCUT2D eigenvalue weighted by Crippen LogP contribution is -2.59. The summed E-state index contributed by atoms with van der Waals surface area (Å²) in [6, 6.07) is 7.68. The number of rotatable bonds is 5. The first-order valence-electron chi connectivity index (χ1n) is 7.58. The minimum Gasteiger partial charge on any atom is -0.382 e. The van der Waals surface area contributed by atoms with Crippen LogP contribution >= 0.6 is 0 Å². The van der Waals surface area contributed by atoms with Crippen LogP contribution in [0.2, 0.25) is 0 Å². The maximum atomic E-state index is 12.8. The Bertz CT molecular complexity index is 742. The topological polar surface area (TPSA) is 90.5 Å². The summed E-state index contributed by atoms with van der Waals surface area (Å²) in [5, 5.41) is 5.24. The molecule has 0 spiro atoms. The average Bonchev–Trinajstić information content (AvgIpc) is 3.13. The van der Waals surface area contributed by atoms with Crippen molar-refractivity contribution in [2.24, 2.45) is 5.73 Å². The first-order valence-corrected chi connectivity index (χ1v) is 7.58. The average molecular weight is 316 g/mol. The molecular weight excluding hydrogens is 296 g/mol. The van der Waals surface area contributed by atoms with Gasteiger partial charge in [-0.2, -0.15) is 5.10 Å². The Hall–Kier alpha value is -2.41. The molecule has 0 aliphatic carbocycles. The molecule has 2 heterocycles. The van der Waals surface area contributed by atoms with Crippen molar-refractivity contribution in [3.8, 4) is 0 Å². The zero-order chi connectivity index (χ0) is 16.4. The number of hydrogen-bond acceptors (Lipinski definition) is 4. The van der Waals surface area contributed by atoms with Crippen molar-refractivity contribution in [3.63, 3.8) is 0 Å². The van der Waals surface area contributed by atoms with Gasteiger partial charge in [0.1, 0.15) is 12.1 Å². The van der Waals surface area contributed by atoms with Crippen LogP contribution in [-0.2, 0) is 20.9 Å². The van der Waals surface area contributed by atoms with E-state index in [9.17, 15) is 9.59 Å². The number of hydrogen-bond donors (Lipinski definition) is 1. The number of nitrogens with two attached hydrogens (primary N) is 1. The van der Waals surface area contributed by atoms with Crippen molar-refractivity contribution >= 4 is 22.7 Å². The second-order valence-corrected chi connectivity index (χ2v) is 5.84. The third kappa shape index (κ3) is 2.57. The lowest BCUT2D eigenvalue weighted by atomic mass is 9.96. The number of ether oxygens (including phenoxy) is 1. The van der Waals surface area contributed by atoms with Crippen LogP contribution in [0, 0.1) is 0 Å². The van der Waals surface area contributed by atoms with Gasteiger partial charge in [-0.05, 0) is 18.9 Å². The van der Waals surface area contributed by atoms with E-state index in [0.717, 1.165) is 17.3 Å². The van der Waals surface area contributed by atoms with Crippen LogP contribution < -0.4 is 5.73 Å². The Morgan fingerprint density at radius 3 is 2.91 bits per heavy atom. The van der Waals surface area contributed by atoms with Crippen LogP contribution in [0.3, 0.4) is 0 Å². The highest BCUT2D eigenvalue weighted by molar-refractivity contribution is 5.91. The molecule has 1 fully saturated rings. The Labute approximate surface area is 134 Å². The monoisotopic (exact) mass is 316 g/mol. The normalized spacial score (nSPS) is 21.0. The summed E-state index contributed by atoms with van der Waals surface area (Å²) < 4.78 is 6.81. The van der Waals surface area contributed by atoms with Crippen molar-refractivity contribution in [3.05, 3.63) is 30.5 Å². The molecule has 1 aromatic heterocycles. The molecule has 0 bridgehead atoms. The van der Waals surface area contributed by atoms with E-state index in [-0.39, 0.29) is 19.1 Å². The highest BCUT2D eigenvalue weighted by Crippen LogP contribution is 2.30. The summed E-state index contributed by atoms with van der Waals surface area (Å²) in [6.07, 6.45) is 2.99. The molecule has 7 heteroatoms.